The summed E-state index contributed by atoms with van der Waals surface area (Å²) in [5.74, 6) is 1.51. The van der Waals surface area contributed by atoms with E-state index in [1.807, 2.05) is 36.1 Å². The smallest absolute Gasteiger partial charge is 0.263 e. The molecule has 3 nitrogen and oxygen atoms in total. The number of likely N-dealkylation sites (tertiary alicyclic amines) is 1. The van der Waals surface area contributed by atoms with Gasteiger partial charge in [0.1, 0.15) is 5.75 Å². The van der Waals surface area contributed by atoms with Crippen molar-refractivity contribution in [1.29, 1.82) is 0 Å². The third-order valence-electron chi connectivity index (χ3n) is 4.42. The van der Waals surface area contributed by atoms with Crippen LogP contribution < -0.4 is 4.74 Å². The van der Waals surface area contributed by atoms with Crippen molar-refractivity contribution in [3.63, 3.8) is 0 Å². The molecule has 2 unspecified atom stereocenters. The van der Waals surface area contributed by atoms with E-state index >= 15 is 0 Å². The first-order valence-electron chi connectivity index (χ1n) is 7.32. The molecule has 0 bridgehead atoms. The molecule has 1 saturated heterocycles. The number of nitrogens with zero attached hydrogens (tertiary/aromatic N) is 1. The predicted molar refractivity (Wildman–Crippen MR) is 79.2 cm³/mol. The van der Waals surface area contributed by atoms with Crippen LogP contribution in [0, 0.1) is 5.92 Å². The van der Waals surface area contributed by atoms with E-state index in [0.29, 0.717) is 12.3 Å². The van der Waals surface area contributed by atoms with Crippen LogP contribution in [-0.4, -0.2) is 35.4 Å². The molecule has 108 valence electrons. The van der Waals surface area contributed by atoms with E-state index in [-0.39, 0.29) is 17.4 Å². The molecule has 20 heavy (non-hydrogen) atoms. The molecule has 2 aliphatic heterocycles. The Hall–Kier alpha value is -1.22. The molecule has 0 radical (unpaired) electrons. The number of benzene rings is 1. The molecular formula is C16H20ClNO2. The highest BCUT2D eigenvalue weighted by molar-refractivity contribution is 6.20. The van der Waals surface area contributed by atoms with Gasteiger partial charge in [0.15, 0.2) is 6.10 Å². The average molecular weight is 294 g/mol. The number of carbonyl (C=O) groups is 1. The van der Waals surface area contributed by atoms with Crippen LogP contribution in [0.5, 0.6) is 5.75 Å². The van der Waals surface area contributed by atoms with Gasteiger partial charge in [-0.15, -0.1) is 11.6 Å². The second-order valence-corrected chi connectivity index (χ2v) is 6.45. The Balaban J connectivity index is 1.59. The first kappa shape index (κ1) is 13.7. The van der Waals surface area contributed by atoms with Crippen molar-refractivity contribution in [3.8, 4) is 5.75 Å². The first-order valence-corrected chi connectivity index (χ1v) is 7.76. The van der Waals surface area contributed by atoms with Gasteiger partial charge in [-0.05, 0) is 37.3 Å². The Morgan fingerprint density at radius 3 is 2.70 bits per heavy atom. The van der Waals surface area contributed by atoms with Gasteiger partial charge in [-0.25, -0.2) is 0 Å². The van der Waals surface area contributed by atoms with Crippen LogP contribution in [-0.2, 0) is 11.2 Å². The molecule has 3 rings (SSSR count). The van der Waals surface area contributed by atoms with E-state index in [4.69, 9.17) is 16.3 Å². The molecule has 1 aromatic carbocycles. The van der Waals surface area contributed by atoms with Gasteiger partial charge in [-0.2, -0.15) is 0 Å². The zero-order chi connectivity index (χ0) is 14.1. The van der Waals surface area contributed by atoms with Gasteiger partial charge in [0.05, 0.1) is 0 Å². The molecule has 0 aliphatic carbocycles. The highest BCUT2D eigenvalue weighted by Gasteiger charge is 2.34. The maximum absolute atomic E-state index is 12.5. The molecule has 0 N–H and O–H groups in total. The molecular weight excluding hydrogens is 274 g/mol. The van der Waals surface area contributed by atoms with Gasteiger partial charge in [0.2, 0.25) is 0 Å². The van der Waals surface area contributed by atoms with E-state index < -0.39 is 0 Å². The monoisotopic (exact) mass is 293 g/mol. The van der Waals surface area contributed by atoms with Crippen molar-refractivity contribution in [1.82, 2.24) is 4.90 Å². The van der Waals surface area contributed by atoms with Crippen molar-refractivity contribution < 1.29 is 9.53 Å². The maximum atomic E-state index is 12.5. The van der Waals surface area contributed by atoms with Gasteiger partial charge >= 0.3 is 0 Å². The molecule has 4 heteroatoms. The Labute approximate surface area is 124 Å². The van der Waals surface area contributed by atoms with Crippen LogP contribution in [0.25, 0.3) is 0 Å². The minimum Gasteiger partial charge on any atom is -0.480 e. The van der Waals surface area contributed by atoms with E-state index in [1.54, 1.807) is 0 Å². The summed E-state index contributed by atoms with van der Waals surface area (Å²) in [4.78, 5) is 14.5. The Morgan fingerprint density at radius 2 is 2.05 bits per heavy atom. The number of piperidine rings is 1. The quantitative estimate of drug-likeness (QED) is 0.785. The summed E-state index contributed by atoms with van der Waals surface area (Å²) < 4.78 is 5.78. The van der Waals surface area contributed by atoms with Gasteiger partial charge in [-0.1, -0.05) is 18.2 Å². The number of carbonyl (C=O) groups excluding carboxylic acids is 1. The number of alkyl halides is 1. The maximum Gasteiger partial charge on any atom is 0.263 e. The summed E-state index contributed by atoms with van der Waals surface area (Å²) in [5, 5.41) is 0.194. The van der Waals surface area contributed by atoms with Gasteiger partial charge < -0.3 is 9.64 Å². The van der Waals surface area contributed by atoms with Crippen molar-refractivity contribution in [2.24, 2.45) is 5.92 Å². The zero-order valence-electron chi connectivity index (χ0n) is 11.7. The van der Waals surface area contributed by atoms with Gasteiger partial charge in [0.25, 0.3) is 5.91 Å². The van der Waals surface area contributed by atoms with Crippen LogP contribution in [0.1, 0.15) is 25.3 Å². The normalized spacial score (nSPS) is 24.1. The Morgan fingerprint density at radius 1 is 1.35 bits per heavy atom. The van der Waals surface area contributed by atoms with E-state index in [2.05, 4.69) is 0 Å². The summed E-state index contributed by atoms with van der Waals surface area (Å²) in [5.41, 5.74) is 1.13. The number of hydrogen-bond donors (Lipinski definition) is 0. The lowest BCUT2D eigenvalue weighted by atomic mass is 9.93. The third kappa shape index (κ3) is 2.64. The molecule has 0 aromatic heterocycles. The summed E-state index contributed by atoms with van der Waals surface area (Å²) >= 11 is 6.14. The summed E-state index contributed by atoms with van der Waals surface area (Å²) in [6.07, 6.45) is 2.35. The van der Waals surface area contributed by atoms with Crippen LogP contribution in [0.3, 0.4) is 0 Å². The summed E-state index contributed by atoms with van der Waals surface area (Å²) in [7, 11) is 0. The lowest BCUT2D eigenvalue weighted by Crippen LogP contribution is -2.46. The molecule has 2 heterocycles. The Bertz CT molecular complexity index is 470. The van der Waals surface area contributed by atoms with E-state index in [0.717, 1.165) is 37.2 Å². The number of fused-ring (bicyclic) bond motifs is 1. The topological polar surface area (TPSA) is 29.5 Å². The third-order valence-corrected chi connectivity index (χ3v) is 4.78. The van der Waals surface area contributed by atoms with Crippen molar-refractivity contribution in [3.05, 3.63) is 29.8 Å². The fourth-order valence-corrected chi connectivity index (χ4v) is 3.35. The fraction of sp³-hybridized carbons (Fsp3) is 0.562. The lowest BCUT2D eigenvalue weighted by Gasteiger charge is -2.34. The van der Waals surface area contributed by atoms with Crippen LogP contribution in [0.2, 0.25) is 0 Å². The number of ether oxygens (including phenoxy) is 1. The Kier molecular flexibility index (Phi) is 3.88. The zero-order valence-corrected chi connectivity index (χ0v) is 12.5. The highest BCUT2D eigenvalue weighted by Crippen LogP contribution is 2.30. The lowest BCUT2D eigenvalue weighted by molar-refractivity contribution is -0.139. The van der Waals surface area contributed by atoms with Crippen LogP contribution in [0.4, 0.5) is 0 Å². The second kappa shape index (κ2) is 5.65. The SMILES string of the molecule is CC(Cl)C1CCN(C(=O)C2Cc3ccccc3O2)CC1. The number of hydrogen-bond acceptors (Lipinski definition) is 2. The molecule has 0 saturated carbocycles. The summed E-state index contributed by atoms with van der Waals surface area (Å²) in [6.45, 7) is 3.65. The fourth-order valence-electron chi connectivity index (χ4n) is 3.10. The standard InChI is InChI=1S/C16H20ClNO2/c1-11(17)12-6-8-18(9-7-12)16(19)15-10-13-4-2-3-5-14(13)20-15/h2-5,11-12,15H,6-10H2,1H3. The minimum atomic E-state index is -0.336. The summed E-state index contributed by atoms with van der Waals surface area (Å²) in [6, 6.07) is 7.90. The van der Waals surface area contributed by atoms with Gasteiger partial charge in [-0.3, -0.25) is 4.79 Å². The molecule has 2 atom stereocenters. The number of halogens is 1. The number of para-hydroxylation sites is 1. The number of rotatable bonds is 2. The van der Waals surface area contributed by atoms with Crippen molar-refractivity contribution in [2.75, 3.05) is 13.1 Å². The molecule has 2 aliphatic rings. The average Bonchev–Trinajstić information content (AvgIpc) is 2.90. The van der Waals surface area contributed by atoms with Gasteiger partial charge in [0, 0.05) is 24.9 Å². The molecule has 1 amide bonds. The van der Waals surface area contributed by atoms with Crippen molar-refractivity contribution >= 4 is 17.5 Å². The number of amides is 1. The molecule has 0 spiro atoms. The second-order valence-electron chi connectivity index (χ2n) is 5.76. The largest absolute Gasteiger partial charge is 0.480 e. The minimum absolute atomic E-state index is 0.127. The van der Waals surface area contributed by atoms with Crippen LogP contribution in [0.15, 0.2) is 24.3 Å². The van der Waals surface area contributed by atoms with E-state index in [1.165, 1.54) is 0 Å². The highest BCUT2D eigenvalue weighted by atomic mass is 35.5. The van der Waals surface area contributed by atoms with Crippen molar-refractivity contribution in [2.45, 2.75) is 37.7 Å². The molecule has 1 fully saturated rings. The first-order chi connectivity index (χ1) is 9.65. The van der Waals surface area contributed by atoms with Crippen LogP contribution >= 0.6 is 11.6 Å². The predicted octanol–water partition coefficient (Wildman–Crippen LogP) is 2.86. The van der Waals surface area contributed by atoms with E-state index in [9.17, 15) is 4.79 Å². The molecule has 1 aromatic rings.